The van der Waals surface area contributed by atoms with Gasteiger partial charge in [0.05, 0.1) is 19.3 Å². The lowest BCUT2D eigenvalue weighted by atomic mass is 9.82. The van der Waals surface area contributed by atoms with Gasteiger partial charge in [-0.1, -0.05) is 44.2 Å². The molecule has 2 rings (SSSR count). The van der Waals surface area contributed by atoms with Gasteiger partial charge in [0, 0.05) is 18.6 Å². The summed E-state index contributed by atoms with van der Waals surface area (Å²) in [5.41, 5.74) is 1.52. The molecule has 0 aromatic heterocycles. The lowest BCUT2D eigenvalue weighted by Crippen LogP contribution is -2.57. The Labute approximate surface area is 129 Å². The minimum atomic E-state index is 0.125. The average molecular weight is 290 g/mol. The largest absolute Gasteiger partial charge is 0.379 e. The molecule has 1 heterocycles. The first kappa shape index (κ1) is 16.5. The highest BCUT2D eigenvalue weighted by molar-refractivity contribution is 5.23. The molecule has 1 saturated heterocycles. The van der Waals surface area contributed by atoms with Crippen molar-refractivity contribution < 1.29 is 4.74 Å². The maximum atomic E-state index is 5.54. The Kier molecular flexibility index (Phi) is 6.22. The molecule has 3 heteroatoms. The van der Waals surface area contributed by atoms with E-state index >= 15 is 0 Å². The van der Waals surface area contributed by atoms with Crippen LogP contribution in [0.15, 0.2) is 30.3 Å². The summed E-state index contributed by atoms with van der Waals surface area (Å²) in [4.78, 5) is 2.61. The maximum Gasteiger partial charge on any atom is 0.0594 e. The van der Waals surface area contributed by atoms with Gasteiger partial charge in [-0.2, -0.15) is 0 Å². The molecule has 118 valence electrons. The Morgan fingerprint density at radius 3 is 2.43 bits per heavy atom. The zero-order chi connectivity index (χ0) is 15.1. The molecule has 3 nitrogen and oxygen atoms in total. The monoisotopic (exact) mass is 290 g/mol. The number of rotatable bonds is 7. The number of nitrogens with zero attached hydrogens (tertiary/aromatic N) is 1. The fraction of sp³-hybridized carbons (Fsp3) is 0.667. The lowest BCUT2D eigenvalue weighted by Gasteiger charge is -2.48. The number of benzene rings is 1. The summed E-state index contributed by atoms with van der Waals surface area (Å²) in [6.07, 6.45) is 2.29. The molecule has 1 fully saturated rings. The summed E-state index contributed by atoms with van der Waals surface area (Å²) >= 11 is 0. The van der Waals surface area contributed by atoms with Crippen molar-refractivity contribution >= 4 is 0 Å². The maximum absolute atomic E-state index is 5.54. The van der Waals surface area contributed by atoms with Crippen molar-refractivity contribution in [3.63, 3.8) is 0 Å². The summed E-state index contributed by atoms with van der Waals surface area (Å²) in [5.74, 6) is 0. The Balaban J connectivity index is 2.26. The molecule has 1 aliphatic heterocycles. The topological polar surface area (TPSA) is 24.5 Å². The van der Waals surface area contributed by atoms with Crippen LogP contribution in [0.25, 0.3) is 0 Å². The van der Waals surface area contributed by atoms with Gasteiger partial charge in [0.1, 0.15) is 0 Å². The molecule has 1 aromatic carbocycles. The van der Waals surface area contributed by atoms with Crippen molar-refractivity contribution in [1.29, 1.82) is 0 Å². The van der Waals surface area contributed by atoms with E-state index in [-0.39, 0.29) is 5.54 Å². The average Bonchev–Trinajstić information content (AvgIpc) is 2.56. The molecule has 0 bridgehead atoms. The van der Waals surface area contributed by atoms with Crippen LogP contribution in [-0.2, 0) is 4.74 Å². The van der Waals surface area contributed by atoms with Crippen LogP contribution in [0.4, 0.5) is 0 Å². The minimum Gasteiger partial charge on any atom is -0.379 e. The van der Waals surface area contributed by atoms with Crippen LogP contribution >= 0.6 is 0 Å². The molecule has 0 amide bonds. The predicted octanol–water partition coefficient (Wildman–Crippen LogP) is 3.23. The quantitative estimate of drug-likeness (QED) is 0.834. The first-order chi connectivity index (χ1) is 10.2. The van der Waals surface area contributed by atoms with Gasteiger partial charge >= 0.3 is 0 Å². The van der Waals surface area contributed by atoms with Crippen molar-refractivity contribution in [2.75, 3.05) is 32.8 Å². The van der Waals surface area contributed by atoms with E-state index in [1.54, 1.807) is 0 Å². The minimum absolute atomic E-state index is 0.125. The molecule has 21 heavy (non-hydrogen) atoms. The van der Waals surface area contributed by atoms with Gasteiger partial charge in [-0.15, -0.1) is 0 Å². The van der Waals surface area contributed by atoms with Gasteiger partial charge < -0.3 is 10.1 Å². The van der Waals surface area contributed by atoms with Crippen molar-refractivity contribution in [1.82, 2.24) is 10.2 Å². The van der Waals surface area contributed by atoms with Crippen LogP contribution in [0.5, 0.6) is 0 Å². The van der Waals surface area contributed by atoms with E-state index in [1.807, 2.05) is 0 Å². The zero-order valence-electron chi connectivity index (χ0n) is 13.8. The van der Waals surface area contributed by atoms with Crippen LogP contribution in [0.2, 0.25) is 0 Å². The highest BCUT2D eigenvalue weighted by Gasteiger charge is 2.39. The van der Waals surface area contributed by atoms with Crippen LogP contribution in [0.1, 0.15) is 45.2 Å². The van der Waals surface area contributed by atoms with Crippen molar-refractivity contribution in [2.45, 2.75) is 45.2 Å². The van der Waals surface area contributed by atoms with Crippen LogP contribution in [0, 0.1) is 0 Å². The number of ether oxygens (including phenoxy) is 1. The molecule has 1 aliphatic rings. The Morgan fingerprint density at radius 1 is 1.19 bits per heavy atom. The Bertz CT molecular complexity index is 403. The van der Waals surface area contributed by atoms with E-state index in [0.29, 0.717) is 6.04 Å². The normalized spacial score (nSPS) is 20.9. The van der Waals surface area contributed by atoms with E-state index in [1.165, 1.54) is 5.56 Å². The highest BCUT2D eigenvalue weighted by Crippen LogP contribution is 2.34. The van der Waals surface area contributed by atoms with Crippen molar-refractivity contribution in [3.8, 4) is 0 Å². The van der Waals surface area contributed by atoms with Crippen LogP contribution in [0.3, 0.4) is 0 Å². The molecule has 0 spiro atoms. The first-order valence-electron chi connectivity index (χ1n) is 8.33. The predicted molar refractivity (Wildman–Crippen MR) is 88.6 cm³/mol. The third kappa shape index (κ3) is 3.85. The second kappa shape index (κ2) is 7.92. The molecular weight excluding hydrogens is 260 g/mol. The summed E-state index contributed by atoms with van der Waals surface area (Å²) in [6.45, 7) is 11.8. The molecule has 1 aromatic rings. The van der Waals surface area contributed by atoms with Crippen LogP contribution < -0.4 is 5.32 Å². The van der Waals surface area contributed by atoms with Crippen LogP contribution in [-0.4, -0.2) is 43.3 Å². The summed E-state index contributed by atoms with van der Waals surface area (Å²) < 4.78 is 5.54. The van der Waals surface area contributed by atoms with Gasteiger partial charge in [0.25, 0.3) is 0 Å². The Morgan fingerprint density at radius 2 is 1.86 bits per heavy atom. The molecule has 2 atom stereocenters. The van der Waals surface area contributed by atoms with E-state index in [9.17, 15) is 0 Å². The standard InChI is InChI=1S/C18H30N2O/c1-4-11-19-17(16-9-7-6-8-10-16)18(3,5-2)20-12-14-21-15-13-20/h6-10,17,19H,4-5,11-15H2,1-3H3. The summed E-state index contributed by atoms with van der Waals surface area (Å²) in [5, 5.41) is 3.79. The zero-order valence-corrected chi connectivity index (χ0v) is 13.8. The number of hydrogen-bond acceptors (Lipinski definition) is 3. The number of hydrogen-bond donors (Lipinski definition) is 1. The highest BCUT2D eigenvalue weighted by atomic mass is 16.5. The molecular formula is C18H30N2O. The fourth-order valence-corrected chi connectivity index (χ4v) is 3.32. The van der Waals surface area contributed by atoms with Crippen molar-refractivity contribution in [2.24, 2.45) is 0 Å². The van der Waals surface area contributed by atoms with E-state index in [2.05, 4.69) is 61.3 Å². The summed E-state index contributed by atoms with van der Waals surface area (Å²) in [6, 6.07) is 11.3. The smallest absolute Gasteiger partial charge is 0.0594 e. The Hall–Kier alpha value is -0.900. The van der Waals surface area contributed by atoms with Gasteiger partial charge in [-0.05, 0) is 31.9 Å². The van der Waals surface area contributed by atoms with Gasteiger partial charge in [0.2, 0.25) is 0 Å². The third-order valence-corrected chi connectivity index (χ3v) is 4.80. The number of morpholine rings is 1. The van der Waals surface area contributed by atoms with E-state index < -0.39 is 0 Å². The second-order valence-corrected chi connectivity index (χ2v) is 6.11. The molecule has 0 radical (unpaired) electrons. The first-order valence-corrected chi connectivity index (χ1v) is 8.33. The SMILES string of the molecule is CCCNC(c1ccccc1)C(C)(CC)N1CCOCC1. The second-order valence-electron chi connectivity index (χ2n) is 6.11. The number of nitrogens with one attached hydrogen (secondary N) is 1. The van der Waals surface area contributed by atoms with Gasteiger partial charge in [-0.25, -0.2) is 0 Å². The molecule has 2 unspecified atom stereocenters. The van der Waals surface area contributed by atoms with Gasteiger partial charge in [0.15, 0.2) is 0 Å². The van der Waals surface area contributed by atoms with E-state index in [4.69, 9.17) is 4.74 Å². The molecule has 1 N–H and O–H groups in total. The lowest BCUT2D eigenvalue weighted by molar-refractivity contribution is -0.0328. The van der Waals surface area contributed by atoms with Gasteiger partial charge in [-0.3, -0.25) is 4.90 Å². The molecule has 0 saturated carbocycles. The van der Waals surface area contributed by atoms with E-state index in [0.717, 1.165) is 45.7 Å². The fourth-order valence-electron chi connectivity index (χ4n) is 3.32. The molecule has 0 aliphatic carbocycles. The van der Waals surface area contributed by atoms with Crippen molar-refractivity contribution in [3.05, 3.63) is 35.9 Å². The third-order valence-electron chi connectivity index (χ3n) is 4.80. The summed E-state index contributed by atoms with van der Waals surface area (Å²) in [7, 11) is 0.